The SMILES string of the molecule is CC(=O)N1CCC[C@@H]1CN(C)C. The molecule has 1 heterocycles. The number of likely N-dealkylation sites (N-methyl/N-ethyl adjacent to an activating group) is 1. The van der Waals surface area contributed by atoms with Gasteiger partial charge in [-0.2, -0.15) is 0 Å². The molecule has 0 aromatic rings. The first kappa shape index (κ1) is 9.52. The van der Waals surface area contributed by atoms with Crippen LogP contribution in [0.25, 0.3) is 0 Å². The van der Waals surface area contributed by atoms with E-state index in [2.05, 4.69) is 19.0 Å². The van der Waals surface area contributed by atoms with E-state index in [1.807, 2.05) is 4.90 Å². The van der Waals surface area contributed by atoms with Crippen LogP contribution in [0.1, 0.15) is 19.8 Å². The van der Waals surface area contributed by atoms with Gasteiger partial charge in [-0.05, 0) is 26.9 Å². The second kappa shape index (κ2) is 3.90. The van der Waals surface area contributed by atoms with Crippen LogP contribution >= 0.6 is 0 Å². The van der Waals surface area contributed by atoms with Gasteiger partial charge in [0, 0.05) is 26.1 Å². The molecule has 0 unspecified atom stereocenters. The van der Waals surface area contributed by atoms with Crippen LogP contribution in [0, 0.1) is 0 Å². The fourth-order valence-corrected chi connectivity index (χ4v) is 1.86. The minimum Gasteiger partial charge on any atom is -0.339 e. The van der Waals surface area contributed by atoms with E-state index >= 15 is 0 Å². The van der Waals surface area contributed by atoms with Crippen LogP contribution in [0.3, 0.4) is 0 Å². The highest BCUT2D eigenvalue weighted by Gasteiger charge is 2.26. The van der Waals surface area contributed by atoms with E-state index < -0.39 is 0 Å². The van der Waals surface area contributed by atoms with Gasteiger partial charge in [-0.3, -0.25) is 4.79 Å². The average molecular weight is 170 g/mol. The van der Waals surface area contributed by atoms with Gasteiger partial charge in [0.1, 0.15) is 0 Å². The fourth-order valence-electron chi connectivity index (χ4n) is 1.86. The van der Waals surface area contributed by atoms with Gasteiger partial charge in [0.25, 0.3) is 0 Å². The van der Waals surface area contributed by atoms with Crippen molar-refractivity contribution < 1.29 is 4.79 Å². The smallest absolute Gasteiger partial charge is 0.219 e. The summed E-state index contributed by atoms with van der Waals surface area (Å²) in [6, 6.07) is 0.456. The van der Waals surface area contributed by atoms with Crippen molar-refractivity contribution in [1.82, 2.24) is 9.80 Å². The third-order valence-electron chi connectivity index (χ3n) is 2.36. The summed E-state index contributed by atoms with van der Waals surface area (Å²) in [7, 11) is 4.10. The Morgan fingerprint density at radius 2 is 2.25 bits per heavy atom. The molecule has 1 atom stereocenters. The maximum absolute atomic E-state index is 11.1. The molecule has 3 heteroatoms. The molecule has 1 aliphatic heterocycles. The maximum Gasteiger partial charge on any atom is 0.219 e. The number of carbonyl (C=O) groups is 1. The molecule has 0 aromatic carbocycles. The molecule has 3 nitrogen and oxygen atoms in total. The second-order valence-electron chi connectivity index (χ2n) is 3.77. The summed E-state index contributed by atoms with van der Waals surface area (Å²) in [6.45, 7) is 3.61. The van der Waals surface area contributed by atoms with E-state index in [1.165, 1.54) is 0 Å². The highest BCUT2D eigenvalue weighted by Crippen LogP contribution is 2.17. The third kappa shape index (κ3) is 2.21. The molecule has 0 spiro atoms. The van der Waals surface area contributed by atoms with Crippen molar-refractivity contribution in [2.75, 3.05) is 27.2 Å². The van der Waals surface area contributed by atoms with E-state index in [-0.39, 0.29) is 5.91 Å². The molecule has 0 aromatic heterocycles. The van der Waals surface area contributed by atoms with Crippen LogP contribution in [-0.2, 0) is 4.79 Å². The molecule has 1 saturated heterocycles. The first-order chi connectivity index (χ1) is 5.61. The number of likely N-dealkylation sites (tertiary alicyclic amines) is 1. The summed E-state index contributed by atoms with van der Waals surface area (Å²) in [5, 5.41) is 0. The second-order valence-corrected chi connectivity index (χ2v) is 3.77. The predicted octanol–water partition coefficient (Wildman–Crippen LogP) is 0.559. The zero-order valence-corrected chi connectivity index (χ0v) is 8.21. The topological polar surface area (TPSA) is 23.6 Å². The van der Waals surface area contributed by atoms with Gasteiger partial charge in [0.15, 0.2) is 0 Å². The Bertz CT molecular complexity index is 168. The molecule has 0 N–H and O–H groups in total. The lowest BCUT2D eigenvalue weighted by Crippen LogP contribution is -2.40. The van der Waals surface area contributed by atoms with Crippen LogP contribution < -0.4 is 0 Å². The van der Waals surface area contributed by atoms with Crippen LogP contribution in [0.5, 0.6) is 0 Å². The van der Waals surface area contributed by atoms with Gasteiger partial charge in [-0.25, -0.2) is 0 Å². The Morgan fingerprint density at radius 1 is 1.58 bits per heavy atom. The van der Waals surface area contributed by atoms with Crippen molar-refractivity contribution in [3.63, 3.8) is 0 Å². The van der Waals surface area contributed by atoms with Crippen molar-refractivity contribution in [3.05, 3.63) is 0 Å². The van der Waals surface area contributed by atoms with Gasteiger partial charge in [-0.1, -0.05) is 0 Å². The van der Waals surface area contributed by atoms with Gasteiger partial charge >= 0.3 is 0 Å². The zero-order valence-electron chi connectivity index (χ0n) is 8.21. The van der Waals surface area contributed by atoms with Crippen molar-refractivity contribution in [1.29, 1.82) is 0 Å². The minimum absolute atomic E-state index is 0.222. The standard InChI is InChI=1S/C9H18N2O/c1-8(12)11-6-4-5-9(11)7-10(2)3/h9H,4-7H2,1-3H3/t9-/m1/s1. The van der Waals surface area contributed by atoms with Gasteiger partial charge in [0.05, 0.1) is 0 Å². The molecular weight excluding hydrogens is 152 g/mol. The fraction of sp³-hybridized carbons (Fsp3) is 0.889. The van der Waals surface area contributed by atoms with E-state index in [0.29, 0.717) is 6.04 Å². The Morgan fingerprint density at radius 3 is 2.75 bits per heavy atom. The molecule has 0 aliphatic carbocycles. The van der Waals surface area contributed by atoms with Crippen LogP contribution in [0.2, 0.25) is 0 Å². The summed E-state index contributed by atoms with van der Waals surface area (Å²) in [4.78, 5) is 15.3. The van der Waals surface area contributed by atoms with E-state index in [9.17, 15) is 4.79 Å². The zero-order chi connectivity index (χ0) is 9.14. The quantitative estimate of drug-likeness (QED) is 0.604. The van der Waals surface area contributed by atoms with Crippen molar-refractivity contribution in [2.24, 2.45) is 0 Å². The van der Waals surface area contributed by atoms with Crippen LogP contribution in [-0.4, -0.2) is 48.9 Å². The normalized spacial score (nSPS) is 23.7. The largest absolute Gasteiger partial charge is 0.339 e. The summed E-state index contributed by atoms with van der Waals surface area (Å²) >= 11 is 0. The number of hydrogen-bond donors (Lipinski definition) is 0. The molecule has 70 valence electrons. The Labute approximate surface area is 74.3 Å². The van der Waals surface area contributed by atoms with Gasteiger partial charge in [0.2, 0.25) is 5.91 Å². The summed E-state index contributed by atoms with van der Waals surface area (Å²) in [6.07, 6.45) is 2.33. The first-order valence-corrected chi connectivity index (χ1v) is 4.53. The lowest BCUT2D eigenvalue weighted by Gasteiger charge is -2.25. The van der Waals surface area contributed by atoms with Crippen molar-refractivity contribution >= 4 is 5.91 Å². The monoisotopic (exact) mass is 170 g/mol. The summed E-state index contributed by atoms with van der Waals surface area (Å²) < 4.78 is 0. The highest BCUT2D eigenvalue weighted by molar-refractivity contribution is 5.73. The lowest BCUT2D eigenvalue weighted by molar-refractivity contribution is -0.129. The first-order valence-electron chi connectivity index (χ1n) is 4.53. The molecule has 1 amide bonds. The van der Waals surface area contributed by atoms with Gasteiger partial charge < -0.3 is 9.80 Å². The minimum atomic E-state index is 0.222. The maximum atomic E-state index is 11.1. The highest BCUT2D eigenvalue weighted by atomic mass is 16.2. The summed E-state index contributed by atoms with van der Waals surface area (Å²) in [5.74, 6) is 0.222. The predicted molar refractivity (Wildman–Crippen MR) is 49.0 cm³/mol. The molecular formula is C9H18N2O. The molecule has 1 fully saturated rings. The molecule has 12 heavy (non-hydrogen) atoms. The third-order valence-corrected chi connectivity index (χ3v) is 2.36. The average Bonchev–Trinajstić information content (AvgIpc) is 2.33. The number of hydrogen-bond acceptors (Lipinski definition) is 2. The molecule has 0 bridgehead atoms. The molecule has 0 saturated carbocycles. The number of amides is 1. The van der Waals surface area contributed by atoms with E-state index in [1.54, 1.807) is 6.92 Å². The van der Waals surface area contributed by atoms with Gasteiger partial charge in [-0.15, -0.1) is 0 Å². The van der Waals surface area contributed by atoms with Crippen LogP contribution in [0.4, 0.5) is 0 Å². The summed E-state index contributed by atoms with van der Waals surface area (Å²) in [5.41, 5.74) is 0. The number of nitrogens with zero attached hydrogens (tertiary/aromatic N) is 2. The Hall–Kier alpha value is -0.570. The Balaban J connectivity index is 2.46. The molecule has 0 radical (unpaired) electrons. The number of carbonyl (C=O) groups excluding carboxylic acids is 1. The van der Waals surface area contributed by atoms with Crippen molar-refractivity contribution in [2.45, 2.75) is 25.8 Å². The number of rotatable bonds is 2. The van der Waals surface area contributed by atoms with Crippen LogP contribution in [0.15, 0.2) is 0 Å². The van der Waals surface area contributed by atoms with Crippen molar-refractivity contribution in [3.8, 4) is 0 Å². The Kier molecular flexibility index (Phi) is 3.09. The molecule has 1 rings (SSSR count). The van der Waals surface area contributed by atoms with E-state index in [4.69, 9.17) is 0 Å². The van der Waals surface area contributed by atoms with E-state index in [0.717, 1.165) is 25.9 Å². The molecule has 1 aliphatic rings. The lowest BCUT2D eigenvalue weighted by atomic mass is 10.2.